The quantitative estimate of drug-likeness (QED) is 0.876. The molecule has 1 aromatic carbocycles. The average Bonchev–Trinajstić information content (AvgIpc) is 2.42. The molecule has 7 heteroatoms. The van der Waals surface area contributed by atoms with Gasteiger partial charge in [0.1, 0.15) is 17.6 Å². The van der Waals surface area contributed by atoms with Gasteiger partial charge in [0.05, 0.1) is 20.8 Å². The van der Waals surface area contributed by atoms with Crippen LogP contribution in [-0.2, 0) is 4.74 Å². The van der Waals surface area contributed by atoms with Crippen LogP contribution >= 0.6 is 0 Å². The lowest BCUT2D eigenvalue weighted by Gasteiger charge is -2.20. The zero-order chi connectivity index (χ0) is 15.3. The molecule has 0 aliphatic heterocycles. The van der Waals surface area contributed by atoms with E-state index < -0.39 is 25.0 Å². The van der Waals surface area contributed by atoms with Crippen LogP contribution in [-0.4, -0.2) is 38.2 Å². The molecule has 0 aromatic heterocycles. The molecule has 0 heterocycles. The van der Waals surface area contributed by atoms with Crippen LogP contribution in [0.2, 0.25) is 0 Å². The fourth-order valence-electron chi connectivity index (χ4n) is 1.51. The minimum absolute atomic E-state index is 0.320. The number of aliphatic hydroxyl groups is 1. The van der Waals surface area contributed by atoms with Gasteiger partial charge in [0.2, 0.25) is 0 Å². The van der Waals surface area contributed by atoms with Gasteiger partial charge in [-0.3, -0.25) is 0 Å². The highest BCUT2D eigenvalue weighted by atomic mass is 19.4. The molecule has 0 spiro atoms. The van der Waals surface area contributed by atoms with Gasteiger partial charge < -0.3 is 19.3 Å². The van der Waals surface area contributed by atoms with E-state index in [0.29, 0.717) is 17.1 Å². The number of benzene rings is 1. The Bertz CT molecular complexity index is 434. The second-order valence-corrected chi connectivity index (χ2v) is 4.14. The van der Waals surface area contributed by atoms with Crippen molar-refractivity contribution in [3.63, 3.8) is 0 Å². The molecule has 0 aliphatic rings. The van der Waals surface area contributed by atoms with Crippen LogP contribution in [0.25, 0.3) is 0 Å². The fraction of sp³-hybridized carbons (Fsp3) is 0.538. The van der Waals surface area contributed by atoms with Crippen LogP contribution < -0.4 is 9.47 Å². The van der Waals surface area contributed by atoms with Crippen molar-refractivity contribution < 1.29 is 32.5 Å². The van der Waals surface area contributed by atoms with Crippen molar-refractivity contribution in [2.24, 2.45) is 0 Å². The molecule has 20 heavy (non-hydrogen) atoms. The Kier molecular flexibility index (Phi) is 5.64. The SMILES string of the molecule is COc1ccc(C(O)COC(C)C(F)(F)F)c(OC)c1. The summed E-state index contributed by atoms with van der Waals surface area (Å²) in [6.07, 6.45) is -7.62. The smallest absolute Gasteiger partial charge is 0.414 e. The summed E-state index contributed by atoms with van der Waals surface area (Å²) in [7, 11) is 2.86. The standard InChI is InChI=1S/C13H17F3O4/c1-8(13(14,15)16)20-7-11(17)10-5-4-9(18-2)6-12(10)19-3/h4-6,8,11,17H,7H2,1-3H3. The Hall–Kier alpha value is -1.47. The zero-order valence-corrected chi connectivity index (χ0v) is 11.4. The average molecular weight is 294 g/mol. The van der Waals surface area contributed by atoms with E-state index in [1.54, 1.807) is 6.07 Å². The molecular weight excluding hydrogens is 277 g/mol. The summed E-state index contributed by atoms with van der Waals surface area (Å²) in [4.78, 5) is 0. The van der Waals surface area contributed by atoms with Gasteiger partial charge in [-0.05, 0) is 19.1 Å². The van der Waals surface area contributed by atoms with Crippen molar-refractivity contribution in [3.05, 3.63) is 23.8 Å². The number of hydrogen-bond acceptors (Lipinski definition) is 4. The maximum absolute atomic E-state index is 12.3. The van der Waals surface area contributed by atoms with E-state index in [0.717, 1.165) is 6.92 Å². The third kappa shape index (κ3) is 4.28. The Morgan fingerprint density at radius 2 is 1.85 bits per heavy atom. The lowest BCUT2D eigenvalue weighted by molar-refractivity contribution is -0.219. The van der Waals surface area contributed by atoms with Crippen molar-refractivity contribution in [2.45, 2.75) is 25.3 Å². The first-order valence-corrected chi connectivity index (χ1v) is 5.88. The summed E-state index contributed by atoms with van der Waals surface area (Å²) in [5.41, 5.74) is 0.336. The molecule has 0 saturated heterocycles. The van der Waals surface area contributed by atoms with E-state index in [2.05, 4.69) is 4.74 Å². The first-order chi connectivity index (χ1) is 9.29. The summed E-state index contributed by atoms with van der Waals surface area (Å²) < 4.78 is 51.6. The Morgan fingerprint density at radius 3 is 2.35 bits per heavy atom. The van der Waals surface area contributed by atoms with Gasteiger partial charge in [-0.15, -0.1) is 0 Å². The Balaban J connectivity index is 2.75. The number of aliphatic hydroxyl groups excluding tert-OH is 1. The summed E-state index contributed by atoms with van der Waals surface area (Å²) >= 11 is 0. The number of rotatable bonds is 6. The van der Waals surface area contributed by atoms with Crippen molar-refractivity contribution >= 4 is 0 Å². The predicted octanol–water partition coefficient (Wildman–Crippen LogP) is 2.70. The number of ether oxygens (including phenoxy) is 3. The molecule has 0 aliphatic carbocycles. The van der Waals surface area contributed by atoms with Crippen molar-refractivity contribution in [1.29, 1.82) is 0 Å². The monoisotopic (exact) mass is 294 g/mol. The molecule has 114 valence electrons. The molecule has 0 amide bonds. The third-order valence-corrected chi connectivity index (χ3v) is 2.76. The lowest BCUT2D eigenvalue weighted by atomic mass is 10.1. The van der Waals surface area contributed by atoms with E-state index in [1.807, 2.05) is 0 Å². The second-order valence-electron chi connectivity index (χ2n) is 4.14. The minimum Gasteiger partial charge on any atom is -0.497 e. The topological polar surface area (TPSA) is 47.9 Å². The highest BCUT2D eigenvalue weighted by molar-refractivity contribution is 5.41. The molecule has 0 bridgehead atoms. The van der Waals surface area contributed by atoms with Gasteiger partial charge in [0.15, 0.2) is 6.10 Å². The Morgan fingerprint density at radius 1 is 1.20 bits per heavy atom. The molecule has 2 unspecified atom stereocenters. The van der Waals surface area contributed by atoms with Crippen molar-refractivity contribution in [1.82, 2.24) is 0 Å². The number of hydrogen-bond donors (Lipinski definition) is 1. The second kappa shape index (κ2) is 6.81. The molecule has 0 fully saturated rings. The molecule has 1 aromatic rings. The largest absolute Gasteiger partial charge is 0.497 e. The van der Waals surface area contributed by atoms with E-state index >= 15 is 0 Å². The maximum atomic E-state index is 12.3. The van der Waals surface area contributed by atoms with Gasteiger partial charge >= 0.3 is 6.18 Å². The van der Waals surface area contributed by atoms with Gasteiger partial charge in [-0.2, -0.15) is 13.2 Å². The lowest BCUT2D eigenvalue weighted by Crippen LogP contribution is -2.30. The molecule has 1 rings (SSSR count). The van der Waals surface area contributed by atoms with Crippen LogP contribution in [0.3, 0.4) is 0 Å². The highest BCUT2D eigenvalue weighted by Crippen LogP contribution is 2.30. The molecule has 4 nitrogen and oxygen atoms in total. The summed E-state index contributed by atoms with van der Waals surface area (Å²) in [6, 6.07) is 4.63. The minimum atomic E-state index is -4.45. The summed E-state index contributed by atoms with van der Waals surface area (Å²) in [5, 5.41) is 9.90. The van der Waals surface area contributed by atoms with Crippen molar-refractivity contribution in [3.8, 4) is 11.5 Å². The van der Waals surface area contributed by atoms with Crippen LogP contribution in [0.1, 0.15) is 18.6 Å². The molecule has 0 saturated carbocycles. The molecule has 2 atom stereocenters. The van der Waals surface area contributed by atoms with Crippen LogP contribution in [0.4, 0.5) is 13.2 Å². The fourth-order valence-corrected chi connectivity index (χ4v) is 1.51. The normalized spacial score (nSPS) is 14.8. The van der Waals surface area contributed by atoms with E-state index in [1.165, 1.54) is 26.4 Å². The molecular formula is C13H17F3O4. The van der Waals surface area contributed by atoms with Gasteiger partial charge in [-0.25, -0.2) is 0 Å². The first-order valence-electron chi connectivity index (χ1n) is 5.88. The Labute approximate surface area is 115 Å². The number of alkyl halides is 3. The van der Waals surface area contributed by atoms with E-state index in [-0.39, 0.29) is 0 Å². The molecule has 1 N–H and O–H groups in total. The predicted molar refractivity (Wildman–Crippen MR) is 66.0 cm³/mol. The maximum Gasteiger partial charge on any atom is 0.414 e. The zero-order valence-electron chi connectivity index (χ0n) is 11.4. The molecule has 0 radical (unpaired) electrons. The van der Waals surface area contributed by atoms with Gasteiger partial charge in [-0.1, -0.05) is 0 Å². The van der Waals surface area contributed by atoms with Crippen molar-refractivity contribution in [2.75, 3.05) is 20.8 Å². The van der Waals surface area contributed by atoms with Gasteiger partial charge in [0, 0.05) is 11.6 Å². The number of halogens is 3. The van der Waals surface area contributed by atoms with Crippen LogP contribution in [0.5, 0.6) is 11.5 Å². The first kappa shape index (κ1) is 16.6. The van der Waals surface area contributed by atoms with Crippen LogP contribution in [0.15, 0.2) is 18.2 Å². The van der Waals surface area contributed by atoms with E-state index in [9.17, 15) is 18.3 Å². The summed E-state index contributed by atoms with van der Waals surface area (Å²) in [5.74, 6) is 0.836. The van der Waals surface area contributed by atoms with Gasteiger partial charge in [0.25, 0.3) is 0 Å². The van der Waals surface area contributed by atoms with E-state index in [4.69, 9.17) is 9.47 Å². The third-order valence-electron chi connectivity index (χ3n) is 2.76. The number of methoxy groups -OCH3 is 2. The van der Waals surface area contributed by atoms with Crippen LogP contribution in [0, 0.1) is 0 Å². The highest BCUT2D eigenvalue weighted by Gasteiger charge is 2.37. The summed E-state index contributed by atoms with van der Waals surface area (Å²) in [6.45, 7) is 0.404.